The maximum atomic E-state index is 12.7. The van der Waals surface area contributed by atoms with Crippen LogP contribution in [-0.4, -0.2) is 75.6 Å². The summed E-state index contributed by atoms with van der Waals surface area (Å²) in [5, 5.41) is 10.8. The minimum atomic E-state index is -0.523. The van der Waals surface area contributed by atoms with Gasteiger partial charge in [0.1, 0.15) is 17.5 Å². The van der Waals surface area contributed by atoms with E-state index < -0.39 is 10.5 Å². The summed E-state index contributed by atoms with van der Waals surface area (Å²) in [5.41, 5.74) is 0.150. The van der Waals surface area contributed by atoms with Crippen molar-refractivity contribution >= 4 is 11.7 Å². The molecule has 0 N–H and O–H groups in total. The Morgan fingerprint density at radius 3 is 2.55 bits per heavy atom. The van der Waals surface area contributed by atoms with E-state index in [1.807, 2.05) is 11.8 Å². The summed E-state index contributed by atoms with van der Waals surface area (Å²) < 4.78 is 12.7. The van der Waals surface area contributed by atoms with Crippen LogP contribution in [0.2, 0.25) is 0 Å². The van der Waals surface area contributed by atoms with Crippen LogP contribution in [0, 0.1) is 10.1 Å². The van der Waals surface area contributed by atoms with Gasteiger partial charge in [-0.2, -0.15) is 0 Å². The van der Waals surface area contributed by atoms with Gasteiger partial charge in [0.2, 0.25) is 0 Å². The number of fused-ring (bicyclic) bond motifs is 1. The van der Waals surface area contributed by atoms with Crippen LogP contribution in [0.15, 0.2) is 30.5 Å². The zero-order valence-corrected chi connectivity index (χ0v) is 16.4. The Labute approximate surface area is 167 Å². The van der Waals surface area contributed by atoms with E-state index in [1.165, 1.54) is 6.20 Å². The molecule has 2 aromatic rings. The number of nitrogens with zero attached hydrogens (tertiary/aromatic N) is 5. The lowest BCUT2D eigenvalue weighted by Gasteiger charge is -2.38. The van der Waals surface area contributed by atoms with Crippen LogP contribution >= 0.6 is 0 Å². The van der Waals surface area contributed by atoms with Gasteiger partial charge in [-0.05, 0) is 36.1 Å². The summed E-state index contributed by atoms with van der Waals surface area (Å²) in [6, 6.07) is 7.42. The average molecular weight is 401 g/mol. The predicted octanol–water partition coefficient (Wildman–Crippen LogP) is 1.41. The number of carbonyl (C=O) groups excluding carboxylic acids is 1. The fourth-order valence-corrected chi connectivity index (χ4v) is 3.86. The molecule has 0 aliphatic carbocycles. The van der Waals surface area contributed by atoms with Crippen molar-refractivity contribution in [2.24, 2.45) is 0 Å². The van der Waals surface area contributed by atoms with E-state index in [-0.39, 0.29) is 17.7 Å². The number of piperazine rings is 1. The zero-order valence-electron chi connectivity index (χ0n) is 16.4. The Kier molecular flexibility index (Phi) is 4.87. The highest BCUT2D eigenvalue weighted by molar-refractivity contribution is 5.94. The molecule has 1 atom stereocenters. The van der Waals surface area contributed by atoms with Gasteiger partial charge in [-0.15, -0.1) is 0 Å². The van der Waals surface area contributed by atoms with Gasteiger partial charge in [-0.3, -0.25) is 14.3 Å². The minimum Gasteiger partial charge on any atom is -0.497 e. The first kappa shape index (κ1) is 19.2. The second kappa shape index (κ2) is 7.36. The molecule has 154 valence electrons. The van der Waals surface area contributed by atoms with Crippen LogP contribution < -0.4 is 9.47 Å². The van der Waals surface area contributed by atoms with E-state index in [9.17, 15) is 14.9 Å². The van der Waals surface area contributed by atoms with Gasteiger partial charge >= 0.3 is 11.8 Å². The van der Waals surface area contributed by atoms with Crippen LogP contribution in [0.1, 0.15) is 17.3 Å². The van der Waals surface area contributed by atoms with Gasteiger partial charge in [0, 0.05) is 43.3 Å². The van der Waals surface area contributed by atoms with Crippen molar-refractivity contribution in [3.8, 4) is 11.8 Å². The monoisotopic (exact) mass is 401 g/mol. The lowest BCUT2D eigenvalue weighted by molar-refractivity contribution is -0.389. The molecule has 1 aromatic carbocycles. The fraction of sp³-hybridized carbons (Fsp3) is 0.474. The number of carbonyl (C=O) groups is 1. The summed E-state index contributed by atoms with van der Waals surface area (Å²) in [6.45, 7) is 5.89. The van der Waals surface area contributed by atoms with Gasteiger partial charge in [0.15, 0.2) is 0 Å². The molecule has 2 aliphatic rings. The molecule has 1 fully saturated rings. The SMILES string of the molecule is COc1ccc(C(=O)N2CCN(CC3(C)Cn4cc([N+](=O)[O-])nc4O3)CC2)cc1. The van der Waals surface area contributed by atoms with E-state index in [0.717, 1.165) is 18.8 Å². The first-order valence-corrected chi connectivity index (χ1v) is 9.43. The van der Waals surface area contributed by atoms with Crippen LogP contribution in [-0.2, 0) is 6.54 Å². The molecular formula is C19H23N5O5. The Morgan fingerprint density at radius 1 is 1.28 bits per heavy atom. The molecule has 2 aliphatic heterocycles. The topological polar surface area (TPSA) is 103 Å². The lowest BCUT2D eigenvalue weighted by Crippen LogP contribution is -2.53. The number of methoxy groups -OCH3 is 1. The third kappa shape index (κ3) is 3.88. The third-order valence-corrected chi connectivity index (χ3v) is 5.31. The predicted molar refractivity (Wildman–Crippen MR) is 103 cm³/mol. The zero-order chi connectivity index (χ0) is 20.6. The third-order valence-electron chi connectivity index (χ3n) is 5.31. The van der Waals surface area contributed by atoms with E-state index in [0.29, 0.717) is 31.7 Å². The smallest absolute Gasteiger partial charge is 0.415 e. The van der Waals surface area contributed by atoms with Crippen molar-refractivity contribution in [2.75, 3.05) is 39.8 Å². The first-order chi connectivity index (χ1) is 13.9. The number of aromatic nitrogens is 2. The molecule has 1 amide bonds. The van der Waals surface area contributed by atoms with Gasteiger partial charge in [-0.25, -0.2) is 0 Å². The summed E-state index contributed by atoms with van der Waals surface area (Å²) in [4.78, 5) is 31.0. The maximum Gasteiger partial charge on any atom is 0.415 e. The summed E-state index contributed by atoms with van der Waals surface area (Å²) in [7, 11) is 1.60. The van der Waals surface area contributed by atoms with Crippen molar-refractivity contribution in [3.05, 3.63) is 46.1 Å². The molecule has 10 nitrogen and oxygen atoms in total. The largest absolute Gasteiger partial charge is 0.497 e. The molecule has 1 saturated heterocycles. The summed E-state index contributed by atoms with van der Waals surface area (Å²) in [5.74, 6) is 0.539. The molecule has 0 saturated carbocycles. The Bertz CT molecular complexity index is 894. The second-order valence-corrected chi connectivity index (χ2v) is 7.62. The van der Waals surface area contributed by atoms with Gasteiger partial charge < -0.3 is 24.5 Å². The fourth-order valence-electron chi connectivity index (χ4n) is 3.86. The number of amides is 1. The molecule has 10 heteroatoms. The Balaban J connectivity index is 1.31. The van der Waals surface area contributed by atoms with E-state index in [1.54, 1.807) is 35.9 Å². The van der Waals surface area contributed by atoms with Crippen LogP contribution in [0.4, 0.5) is 5.82 Å². The first-order valence-electron chi connectivity index (χ1n) is 9.43. The van der Waals surface area contributed by atoms with E-state index in [2.05, 4.69) is 9.88 Å². The molecule has 1 aromatic heterocycles. The van der Waals surface area contributed by atoms with Crippen LogP contribution in [0.25, 0.3) is 0 Å². The molecule has 4 rings (SSSR count). The minimum absolute atomic E-state index is 0.0167. The molecule has 29 heavy (non-hydrogen) atoms. The van der Waals surface area contributed by atoms with Crippen molar-refractivity contribution < 1.29 is 19.2 Å². The highest BCUT2D eigenvalue weighted by Crippen LogP contribution is 2.31. The standard InChI is InChI=1S/C19H23N5O5/c1-19(13-23-11-16(24(26)27)20-18(23)29-19)12-21-7-9-22(10-8-21)17(25)14-3-5-15(28-2)6-4-14/h3-6,11H,7-10,12-13H2,1-2H3. The van der Waals surface area contributed by atoms with Crippen molar-refractivity contribution in [1.82, 2.24) is 19.4 Å². The molecule has 0 spiro atoms. The summed E-state index contributed by atoms with van der Waals surface area (Å²) >= 11 is 0. The number of imidazole rings is 1. The van der Waals surface area contributed by atoms with Crippen LogP contribution in [0.5, 0.6) is 11.8 Å². The summed E-state index contributed by atoms with van der Waals surface area (Å²) in [6.07, 6.45) is 1.41. The van der Waals surface area contributed by atoms with E-state index >= 15 is 0 Å². The molecule has 3 heterocycles. The average Bonchev–Trinajstić information content (AvgIpc) is 3.23. The van der Waals surface area contributed by atoms with Gasteiger partial charge in [0.25, 0.3) is 5.91 Å². The van der Waals surface area contributed by atoms with Crippen molar-refractivity contribution in [2.45, 2.75) is 19.1 Å². The number of benzene rings is 1. The molecule has 1 unspecified atom stereocenters. The number of hydrogen-bond donors (Lipinski definition) is 0. The molecule has 0 bridgehead atoms. The normalized spacial score (nSPS) is 21.5. The number of hydrogen-bond acceptors (Lipinski definition) is 7. The molecular weight excluding hydrogens is 378 g/mol. The molecule has 0 radical (unpaired) electrons. The Morgan fingerprint density at radius 2 is 1.97 bits per heavy atom. The number of rotatable bonds is 5. The highest BCUT2D eigenvalue weighted by atomic mass is 16.6. The quantitative estimate of drug-likeness (QED) is 0.551. The Hall–Kier alpha value is -3.14. The van der Waals surface area contributed by atoms with Crippen molar-refractivity contribution in [1.29, 1.82) is 0 Å². The van der Waals surface area contributed by atoms with Crippen LogP contribution in [0.3, 0.4) is 0 Å². The lowest BCUT2D eigenvalue weighted by atomic mass is 10.1. The number of ether oxygens (including phenoxy) is 2. The second-order valence-electron chi connectivity index (χ2n) is 7.62. The highest BCUT2D eigenvalue weighted by Gasteiger charge is 2.42. The van der Waals surface area contributed by atoms with Gasteiger partial charge in [0.05, 0.1) is 13.7 Å². The number of nitro groups is 1. The maximum absolute atomic E-state index is 12.7. The van der Waals surface area contributed by atoms with Crippen molar-refractivity contribution in [3.63, 3.8) is 0 Å². The van der Waals surface area contributed by atoms with E-state index in [4.69, 9.17) is 9.47 Å². The van der Waals surface area contributed by atoms with Gasteiger partial charge in [-0.1, -0.05) is 0 Å².